The van der Waals surface area contributed by atoms with E-state index in [-0.39, 0.29) is 17.9 Å². The number of nitrogens with zero attached hydrogens (tertiary/aromatic N) is 1. The first-order valence-electron chi connectivity index (χ1n) is 8.63. The van der Waals surface area contributed by atoms with E-state index in [9.17, 15) is 26.4 Å². The zero-order valence-electron chi connectivity index (χ0n) is 15.3. The molecule has 0 aliphatic rings. The molecule has 0 atom stereocenters. The van der Waals surface area contributed by atoms with Crippen molar-refractivity contribution in [1.82, 2.24) is 9.71 Å². The molecule has 1 heterocycles. The summed E-state index contributed by atoms with van der Waals surface area (Å²) in [7, 11) is -4.00. The number of anilines is 1. The number of pyridine rings is 1. The zero-order chi connectivity index (χ0) is 21.8. The van der Waals surface area contributed by atoms with Gasteiger partial charge >= 0.3 is 6.36 Å². The first-order valence-corrected chi connectivity index (χ1v) is 10.1. The second-order valence-electron chi connectivity index (χ2n) is 6.10. The van der Waals surface area contributed by atoms with Gasteiger partial charge in [0.15, 0.2) is 0 Å². The third-order valence-corrected chi connectivity index (χ3v) is 5.40. The predicted octanol–water partition coefficient (Wildman–Crippen LogP) is 3.44. The zero-order valence-corrected chi connectivity index (χ0v) is 16.1. The highest BCUT2D eigenvalue weighted by atomic mass is 32.2. The molecule has 11 heteroatoms. The Morgan fingerprint density at radius 2 is 1.73 bits per heavy atom. The third-order valence-electron chi connectivity index (χ3n) is 3.92. The Labute approximate surface area is 169 Å². The number of hydrogen-bond donors (Lipinski definition) is 2. The number of para-hydroxylation sites is 1. The highest BCUT2D eigenvalue weighted by Crippen LogP contribution is 2.24. The fraction of sp³-hybridized carbons (Fsp3) is 0.158. The van der Waals surface area contributed by atoms with Gasteiger partial charge < -0.3 is 10.1 Å². The standard InChI is InChI=1S/C19H16F3N3O4S/c20-19(21,22)29-14-6-8-15(9-7-14)30(27,28)24-12-10-17(26)25-16-5-1-3-13-4-2-11-23-18(13)16/h1-9,11,24H,10,12H2,(H,25,26). The monoisotopic (exact) mass is 439 g/mol. The van der Waals surface area contributed by atoms with Gasteiger partial charge in [0.2, 0.25) is 15.9 Å². The van der Waals surface area contributed by atoms with Gasteiger partial charge in [0.1, 0.15) is 5.75 Å². The summed E-state index contributed by atoms with van der Waals surface area (Å²) in [5.74, 6) is -0.964. The number of carbonyl (C=O) groups excluding carboxylic acids is 1. The second-order valence-corrected chi connectivity index (χ2v) is 7.86. The highest BCUT2D eigenvalue weighted by molar-refractivity contribution is 7.89. The van der Waals surface area contributed by atoms with Crippen LogP contribution in [0, 0.1) is 0 Å². The number of alkyl halides is 3. The Kier molecular flexibility index (Phi) is 6.22. The topological polar surface area (TPSA) is 97.4 Å². The van der Waals surface area contributed by atoms with E-state index < -0.39 is 28.0 Å². The molecule has 7 nitrogen and oxygen atoms in total. The lowest BCUT2D eigenvalue weighted by Gasteiger charge is -2.11. The van der Waals surface area contributed by atoms with Crippen LogP contribution in [0.3, 0.4) is 0 Å². The Balaban J connectivity index is 1.56. The van der Waals surface area contributed by atoms with E-state index in [1.807, 2.05) is 12.1 Å². The summed E-state index contributed by atoms with van der Waals surface area (Å²) in [6.45, 7) is -0.201. The van der Waals surface area contributed by atoms with Gasteiger partial charge in [0, 0.05) is 24.5 Å². The van der Waals surface area contributed by atoms with Crippen LogP contribution in [0.25, 0.3) is 10.9 Å². The molecule has 158 valence electrons. The molecule has 0 fully saturated rings. The molecule has 0 saturated heterocycles. The summed E-state index contributed by atoms with van der Waals surface area (Å²) in [6.07, 6.45) is -3.43. The van der Waals surface area contributed by atoms with Crippen molar-refractivity contribution in [3.63, 3.8) is 0 Å². The summed E-state index contributed by atoms with van der Waals surface area (Å²) in [6, 6.07) is 12.6. The van der Waals surface area contributed by atoms with E-state index in [0.717, 1.165) is 29.7 Å². The molecule has 0 radical (unpaired) electrons. The first kappa shape index (κ1) is 21.5. The van der Waals surface area contributed by atoms with Crippen molar-refractivity contribution in [2.45, 2.75) is 17.7 Å². The largest absolute Gasteiger partial charge is 0.573 e. The number of halogens is 3. The van der Waals surface area contributed by atoms with Crippen LogP contribution in [0.5, 0.6) is 5.75 Å². The second kappa shape index (κ2) is 8.67. The summed E-state index contributed by atoms with van der Waals surface area (Å²) in [5.41, 5.74) is 1.11. The van der Waals surface area contributed by atoms with Crippen LogP contribution in [0.1, 0.15) is 6.42 Å². The van der Waals surface area contributed by atoms with E-state index in [2.05, 4.69) is 19.8 Å². The van der Waals surface area contributed by atoms with Crippen molar-refractivity contribution in [3.8, 4) is 5.75 Å². The van der Waals surface area contributed by atoms with Crippen molar-refractivity contribution in [2.75, 3.05) is 11.9 Å². The fourth-order valence-corrected chi connectivity index (χ4v) is 3.65. The summed E-state index contributed by atoms with van der Waals surface area (Å²) >= 11 is 0. The minimum Gasteiger partial charge on any atom is -0.406 e. The van der Waals surface area contributed by atoms with Crippen molar-refractivity contribution in [1.29, 1.82) is 0 Å². The molecule has 2 aromatic carbocycles. The van der Waals surface area contributed by atoms with Crippen LogP contribution in [0.2, 0.25) is 0 Å². The van der Waals surface area contributed by atoms with Crippen LogP contribution in [-0.4, -0.2) is 32.2 Å². The minimum absolute atomic E-state index is 0.155. The van der Waals surface area contributed by atoms with Crippen molar-refractivity contribution >= 4 is 32.5 Å². The smallest absolute Gasteiger partial charge is 0.406 e. The number of hydrogen-bond acceptors (Lipinski definition) is 5. The number of sulfonamides is 1. The Bertz CT molecular complexity index is 1140. The quantitative estimate of drug-likeness (QED) is 0.588. The molecular weight excluding hydrogens is 423 g/mol. The molecule has 0 saturated carbocycles. The van der Waals surface area contributed by atoms with Gasteiger partial charge in [-0.15, -0.1) is 13.2 Å². The average molecular weight is 439 g/mol. The van der Waals surface area contributed by atoms with E-state index in [4.69, 9.17) is 0 Å². The molecule has 0 aliphatic heterocycles. The number of aromatic nitrogens is 1. The molecule has 2 N–H and O–H groups in total. The molecule has 0 spiro atoms. The lowest BCUT2D eigenvalue weighted by Crippen LogP contribution is -2.28. The van der Waals surface area contributed by atoms with Gasteiger partial charge in [-0.2, -0.15) is 0 Å². The maximum Gasteiger partial charge on any atom is 0.573 e. The fourth-order valence-electron chi connectivity index (χ4n) is 2.62. The minimum atomic E-state index is -4.87. The maximum absolute atomic E-state index is 12.2. The van der Waals surface area contributed by atoms with Crippen LogP contribution < -0.4 is 14.8 Å². The van der Waals surface area contributed by atoms with Gasteiger partial charge in [0.25, 0.3) is 0 Å². The van der Waals surface area contributed by atoms with Crippen LogP contribution in [0.15, 0.2) is 65.7 Å². The van der Waals surface area contributed by atoms with E-state index >= 15 is 0 Å². The van der Waals surface area contributed by atoms with Crippen molar-refractivity contribution in [3.05, 3.63) is 60.8 Å². The molecule has 0 aliphatic carbocycles. The Morgan fingerprint density at radius 3 is 2.43 bits per heavy atom. The normalized spacial score (nSPS) is 12.0. The number of carbonyl (C=O) groups is 1. The summed E-state index contributed by atoms with van der Waals surface area (Å²) in [5, 5.41) is 3.52. The van der Waals surface area contributed by atoms with Crippen molar-refractivity contribution in [2.24, 2.45) is 0 Å². The maximum atomic E-state index is 12.2. The number of nitrogens with one attached hydrogen (secondary N) is 2. The van der Waals surface area contributed by atoms with E-state index in [0.29, 0.717) is 11.2 Å². The summed E-state index contributed by atoms with van der Waals surface area (Å²) < 4.78 is 66.9. The highest BCUT2D eigenvalue weighted by Gasteiger charge is 2.31. The lowest BCUT2D eigenvalue weighted by atomic mass is 10.2. The first-order chi connectivity index (χ1) is 14.1. The number of ether oxygens (including phenoxy) is 1. The van der Waals surface area contributed by atoms with Gasteiger partial charge in [-0.1, -0.05) is 18.2 Å². The number of benzene rings is 2. The molecule has 1 aromatic heterocycles. The number of rotatable bonds is 7. The number of amides is 1. The average Bonchev–Trinajstić information content (AvgIpc) is 2.67. The Morgan fingerprint density at radius 1 is 1.03 bits per heavy atom. The van der Waals surface area contributed by atoms with Gasteiger partial charge in [-0.25, -0.2) is 13.1 Å². The molecule has 1 amide bonds. The van der Waals surface area contributed by atoms with Crippen LogP contribution in [-0.2, 0) is 14.8 Å². The molecule has 0 bridgehead atoms. The van der Waals surface area contributed by atoms with Crippen LogP contribution in [0.4, 0.5) is 18.9 Å². The van der Waals surface area contributed by atoms with Crippen molar-refractivity contribution < 1.29 is 31.1 Å². The summed E-state index contributed by atoms with van der Waals surface area (Å²) in [4.78, 5) is 16.1. The SMILES string of the molecule is O=C(CCNS(=O)(=O)c1ccc(OC(F)(F)F)cc1)Nc1cccc2cccnc12. The molecule has 3 aromatic rings. The lowest BCUT2D eigenvalue weighted by molar-refractivity contribution is -0.274. The molecular formula is C19H16F3N3O4S. The van der Waals surface area contributed by atoms with E-state index in [1.165, 1.54) is 0 Å². The van der Waals surface area contributed by atoms with Gasteiger partial charge in [-0.3, -0.25) is 9.78 Å². The molecule has 30 heavy (non-hydrogen) atoms. The Hall–Kier alpha value is -3.18. The van der Waals surface area contributed by atoms with Gasteiger partial charge in [0.05, 0.1) is 16.1 Å². The van der Waals surface area contributed by atoms with Gasteiger partial charge in [-0.05, 0) is 36.4 Å². The third kappa shape index (κ3) is 5.67. The molecule has 3 rings (SSSR count). The molecule has 0 unspecified atom stereocenters. The van der Waals surface area contributed by atoms with E-state index in [1.54, 1.807) is 24.4 Å². The number of fused-ring (bicyclic) bond motifs is 1. The van der Waals surface area contributed by atoms with Crippen LogP contribution >= 0.6 is 0 Å². The predicted molar refractivity (Wildman–Crippen MR) is 103 cm³/mol.